The van der Waals surface area contributed by atoms with Gasteiger partial charge in [-0.05, 0) is 56.8 Å². The average Bonchev–Trinajstić information content (AvgIpc) is 2.76. The first-order valence-electron chi connectivity index (χ1n) is 11.7. The third-order valence-corrected chi connectivity index (χ3v) is 11.0. The molecule has 1 rings (SSSR count). The van der Waals surface area contributed by atoms with Crippen LogP contribution in [-0.4, -0.2) is 47.2 Å². The van der Waals surface area contributed by atoms with Gasteiger partial charge in [-0.3, -0.25) is 0 Å². The lowest BCUT2D eigenvalue weighted by atomic mass is 10.0. The standard InChI is InChI=1S/C28H45NO2S/c1-9-14-27(28(30)31)23(5)19-29-20-26(17-21(3)10-2)32(7,8)24(6)22(4)18-25-15-12-11-13-16-25/h9,11-16,18,21,24,26,29H,10,17,19-20H2,1-8H3,(H,30,31)/b14-9-,22-18+,27-23-/t21?,24-,26?/m0/s1. The van der Waals surface area contributed by atoms with E-state index in [9.17, 15) is 9.90 Å². The van der Waals surface area contributed by atoms with E-state index in [-0.39, 0.29) is 0 Å². The highest BCUT2D eigenvalue weighted by Gasteiger charge is 2.31. The van der Waals surface area contributed by atoms with Crippen molar-refractivity contribution in [3.8, 4) is 0 Å². The van der Waals surface area contributed by atoms with Gasteiger partial charge in [0, 0.05) is 23.6 Å². The zero-order chi connectivity index (χ0) is 24.3. The number of hydrogen-bond acceptors (Lipinski definition) is 2. The highest BCUT2D eigenvalue weighted by atomic mass is 32.3. The minimum absolute atomic E-state index is 0.389. The van der Waals surface area contributed by atoms with Crippen LogP contribution in [0.25, 0.3) is 6.08 Å². The Morgan fingerprint density at radius 3 is 2.31 bits per heavy atom. The van der Waals surface area contributed by atoms with Gasteiger partial charge in [0.1, 0.15) is 0 Å². The lowest BCUT2D eigenvalue weighted by molar-refractivity contribution is -0.132. The number of carboxylic acids is 1. The van der Waals surface area contributed by atoms with Crippen LogP contribution in [0, 0.1) is 5.92 Å². The van der Waals surface area contributed by atoms with Crippen molar-refractivity contribution >= 4 is 22.1 Å². The number of hydrogen-bond donors (Lipinski definition) is 2. The van der Waals surface area contributed by atoms with Crippen molar-refractivity contribution in [3.05, 3.63) is 64.8 Å². The fourth-order valence-corrected chi connectivity index (χ4v) is 6.91. The zero-order valence-electron chi connectivity index (χ0n) is 21.4. The first-order valence-corrected chi connectivity index (χ1v) is 14.3. The maximum atomic E-state index is 11.5. The molecule has 180 valence electrons. The smallest absolute Gasteiger partial charge is 0.335 e. The predicted molar refractivity (Wildman–Crippen MR) is 145 cm³/mol. The second-order valence-electron chi connectivity index (χ2n) is 9.43. The number of carboxylic acid groups (broad SMARTS) is 1. The molecule has 2 unspecified atom stereocenters. The molecule has 0 aliphatic heterocycles. The molecule has 3 atom stereocenters. The van der Waals surface area contributed by atoms with E-state index in [2.05, 4.69) is 81.9 Å². The van der Waals surface area contributed by atoms with Crippen LogP contribution in [0.2, 0.25) is 0 Å². The molecular formula is C28H45NO2S. The topological polar surface area (TPSA) is 49.3 Å². The Bertz CT molecular complexity index is 808. The molecule has 32 heavy (non-hydrogen) atoms. The number of rotatable bonds is 13. The van der Waals surface area contributed by atoms with E-state index in [1.807, 2.05) is 13.8 Å². The Hall–Kier alpha value is -1.78. The van der Waals surface area contributed by atoms with E-state index >= 15 is 0 Å². The summed E-state index contributed by atoms with van der Waals surface area (Å²) in [7, 11) is -0.947. The maximum Gasteiger partial charge on any atom is 0.335 e. The van der Waals surface area contributed by atoms with E-state index in [0.29, 0.717) is 28.5 Å². The number of benzene rings is 1. The minimum Gasteiger partial charge on any atom is -0.478 e. The zero-order valence-corrected chi connectivity index (χ0v) is 22.3. The van der Waals surface area contributed by atoms with Gasteiger partial charge in [-0.15, -0.1) is 0 Å². The quantitative estimate of drug-likeness (QED) is 0.249. The Morgan fingerprint density at radius 2 is 1.78 bits per heavy atom. The maximum absolute atomic E-state index is 11.5. The van der Waals surface area contributed by atoms with Crippen LogP contribution >= 0.6 is 10.0 Å². The summed E-state index contributed by atoms with van der Waals surface area (Å²) < 4.78 is 0. The van der Waals surface area contributed by atoms with Crippen LogP contribution < -0.4 is 5.32 Å². The number of carbonyl (C=O) groups is 1. The van der Waals surface area contributed by atoms with E-state index in [1.54, 1.807) is 12.2 Å². The first-order chi connectivity index (χ1) is 15.0. The SMILES string of the molecule is C/C=C\C(C(=O)O)=C(/C)CNCC(CC(C)CC)S(C)(C)[C@@H](C)/C(C)=C/c1ccccc1. The Morgan fingerprint density at radius 1 is 1.16 bits per heavy atom. The molecule has 0 fully saturated rings. The van der Waals surface area contributed by atoms with Gasteiger partial charge in [-0.25, -0.2) is 14.8 Å². The van der Waals surface area contributed by atoms with Crippen LogP contribution in [0.15, 0.2) is 59.2 Å². The predicted octanol–water partition coefficient (Wildman–Crippen LogP) is 6.91. The summed E-state index contributed by atoms with van der Waals surface area (Å²) in [6.07, 6.45) is 13.1. The summed E-state index contributed by atoms with van der Waals surface area (Å²) in [6.45, 7) is 14.5. The Kier molecular flexibility index (Phi) is 12.1. The molecule has 0 spiro atoms. The molecule has 1 aromatic rings. The molecule has 0 amide bonds. The molecule has 1 aromatic carbocycles. The van der Waals surface area contributed by atoms with Crippen molar-refractivity contribution in [3.63, 3.8) is 0 Å². The molecule has 0 aliphatic rings. The first kappa shape index (κ1) is 28.3. The lowest BCUT2D eigenvalue weighted by Gasteiger charge is -2.47. The monoisotopic (exact) mass is 459 g/mol. The second-order valence-corrected chi connectivity index (χ2v) is 13.8. The minimum atomic E-state index is -0.947. The van der Waals surface area contributed by atoms with Gasteiger partial charge < -0.3 is 10.4 Å². The summed E-state index contributed by atoms with van der Waals surface area (Å²) in [5.74, 6) is -0.187. The van der Waals surface area contributed by atoms with Crippen LogP contribution in [0.3, 0.4) is 0 Å². The Balaban J connectivity index is 3.04. The van der Waals surface area contributed by atoms with Crippen molar-refractivity contribution < 1.29 is 9.90 Å². The van der Waals surface area contributed by atoms with Gasteiger partial charge >= 0.3 is 5.97 Å². The molecule has 0 bridgehead atoms. The summed E-state index contributed by atoms with van der Waals surface area (Å²) in [4.78, 5) is 11.5. The largest absolute Gasteiger partial charge is 0.478 e. The van der Waals surface area contributed by atoms with Crippen LogP contribution in [0.5, 0.6) is 0 Å². The molecule has 0 radical (unpaired) electrons. The van der Waals surface area contributed by atoms with Gasteiger partial charge in [-0.2, -0.15) is 0 Å². The third kappa shape index (κ3) is 8.63. The summed E-state index contributed by atoms with van der Waals surface area (Å²) in [5, 5.41) is 14.2. The van der Waals surface area contributed by atoms with Crippen molar-refractivity contribution in [2.75, 3.05) is 25.6 Å². The number of allylic oxidation sites excluding steroid dienone is 1. The molecule has 0 aromatic heterocycles. The highest BCUT2D eigenvalue weighted by Crippen LogP contribution is 2.54. The third-order valence-electron chi connectivity index (χ3n) is 6.75. The van der Waals surface area contributed by atoms with Crippen molar-refractivity contribution in [2.24, 2.45) is 5.92 Å². The Labute approximate surface area is 198 Å². The van der Waals surface area contributed by atoms with E-state index in [1.165, 1.54) is 24.0 Å². The summed E-state index contributed by atoms with van der Waals surface area (Å²) in [6, 6.07) is 10.6. The van der Waals surface area contributed by atoms with E-state index < -0.39 is 16.0 Å². The number of nitrogens with one attached hydrogen (secondary N) is 1. The fourth-order valence-electron chi connectivity index (χ4n) is 3.94. The fraction of sp³-hybridized carbons (Fsp3) is 0.536. The van der Waals surface area contributed by atoms with Gasteiger partial charge in [0.15, 0.2) is 0 Å². The molecule has 2 N–H and O–H groups in total. The van der Waals surface area contributed by atoms with Crippen LogP contribution in [-0.2, 0) is 4.79 Å². The normalized spacial score (nSPS) is 17.1. The highest BCUT2D eigenvalue weighted by molar-refractivity contribution is 8.33. The van der Waals surface area contributed by atoms with E-state index in [4.69, 9.17) is 0 Å². The molecule has 0 heterocycles. The lowest BCUT2D eigenvalue weighted by Crippen LogP contribution is -2.37. The van der Waals surface area contributed by atoms with Crippen LogP contribution in [0.4, 0.5) is 0 Å². The van der Waals surface area contributed by atoms with Crippen molar-refractivity contribution in [2.45, 2.75) is 64.9 Å². The van der Waals surface area contributed by atoms with Crippen molar-refractivity contribution in [1.29, 1.82) is 0 Å². The van der Waals surface area contributed by atoms with E-state index in [0.717, 1.165) is 12.1 Å². The number of aliphatic carboxylic acids is 1. The van der Waals surface area contributed by atoms with Gasteiger partial charge in [0.2, 0.25) is 0 Å². The molecule has 0 saturated carbocycles. The van der Waals surface area contributed by atoms with Gasteiger partial charge in [-0.1, -0.05) is 81.3 Å². The molecule has 0 saturated heterocycles. The van der Waals surface area contributed by atoms with Crippen LogP contribution in [0.1, 0.15) is 59.9 Å². The van der Waals surface area contributed by atoms with Gasteiger partial charge in [0.05, 0.1) is 5.57 Å². The molecular weight excluding hydrogens is 414 g/mol. The molecule has 0 aliphatic carbocycles. The summed E-state index contributed by atoms with van der Waals surface area (Å²) in [5.41, 5.74) is 3.95. The van der Waals surface area contributed by atoms with Gasteiger partial charge in [0.25, 0.3) is 0 Å². The average molecular weight is 460 g/mol. The van der Waals surface area contributed by atoms with Crippen molar-refractivity contribution in [1.82, 2.24) is 5.32 Å². The molecule has 4 heteroatoms. The second kappa shape index (κ2) is 13.7. The summed E-state index contributed by atoms with van der Waals surface area (Å²) >= 11 is 0. The molecule has 3 nitrogen and oxygen atoms in total.